The highest BCUT2D eigenvalue weighted by molar-refractivity contribution is 6.11. The largest absolute Gasteiger partial charge is 0.310 e. The molecule has 1 aromatic heterocycles. The van der Waals surface area contributed by atoms with E-state index in [0.717, 1.165) is 45.0 Å². The average Bonchev–Trinajstić information content (AvgIpc) is 3.76. The second-order valence-electron chi connectivity index (χ2n) is 17.2. The lowest BCUT2D eigenvalue weighted by Crippen LogP contribution is -2.12. The Hall–Kier alpha value is -8.98. The first-order valence-electron chi connectivity index (χ1n) is 23.3. The fraction of sp³-hybridized carbons (Fsp3) is 0. The normalized spacial score (nSPS) is 11.2. The molecule has 0 radical (unpaired) electrons. The van der Waals surface area contributed by atoms with Gasteiger partial charge in [-0.15, -0.1) is 0 Å². The second-order valence-corrected chi connectivity index (χ2v) is 17.2. The molecule has 12 rings (SSSR count). The van der Waals surface area contributed by atoms with Crippen LogP contribution in [0.4, 0.5) is 17.1 Å². The Kier molecular flexibility index (Phi) is 10.6. The summed E-state index contributed by atoms with van der Waals surface area (Å²) in [7, 11) is 0. The second kappa shape index (κ2) is 17.8. The summed E-state index contributed by atoms with van der Waals surface area (Å²) in [6, 6.07) is 101. The summed E-state index contributed by atoms with van der Waals surface area (Å²) in [4.78, 5) is 2.47. The van der Waals surface area contributed by atoms with Crippen LogP contribution in [0.5, 0.6) is 0 Å². The van der Waals surface area contributed by atoms with Crippen LogP contribution in [0.25, 0.3) is 94.3 Å². The van der Waals surface area contributed by atoms with Crippen LogP contribution in [0.15, 0.2) is 279 Å². The molecule has 0 N–H and O–H groups in total. The van der Waals surface area contributed by atoms with Crippen LogP contribution in [0, 0.1) is 0 Å². The van der Waals surface area contributed by atoms with Gasteiger partial charge in [0.2, 0.25) is 0 Å². The van der Waals surface area contributed by atoms with E-state index in [0.29, 0.717) is 0 Å². The summed E-state index contributed by atoms with van der Waals surface area (Å²) in [5.74, 6) is 0. The minimum Gasteiger partial charge on any atom is -0.310 e. The summed E-state index contributed by atoms with van der Waals surface area (Å²) in [6.07, 6.45) is 0. The maximum atomic E-state index is 2.47. The molecule has 320 valence electrons. The SMILES string of the molecule is c1ccc(-c2ccc(-c3ccccc3N(c3ccc(-c4ccccc4-c4ccccc4)c(-c4ccccc4-c4ccccc4)c3)c3ccc4c5ccccc5n(-c5ccccc5)c4c3)cc2)cc1. The topological polar surface area (TPSA) is 8.17 Å². The molecule has 0 aliphatic carbocycles. The van der Waals surface area contributed by atoms with Crippen LogP contribution in [-0.2, 0) is 0 Å². The van der Waals surface area contributed by atoms with Crippen molar-refractivity contribution in [2.75, 3.05) is 4.90 Å². The zero-order chi connectivity index (χ0) is 45.2. The summed E-state index contributed by atoms with van der Waals surface area (Å²) in [5.41, 5.74) is 20.7. The van der Waals surface area contributed by atoms with Gasteiger partial charge in [0.05, 0.1) is 16.7 Å². The smallest absolute Gasteiger partial charge is 0.0561 e. The van der Waals surface area contributed by atoms with E-state index in [1.165, 1.54) is 66.4 Å². The van der Waals surface area contributed by atoms with Crippen molar-refractivity contribution in [3.05, 3.63) is 279 Å². The number of hydrogen-bond donors (Lipinski definition) is 0. The van der Waals surface area contributed by atoms with Crippen LogP contribution in [0.3, 0.4) is 0 Å². The monoisotopic (exact) mass is 866 g/mol. The molecule has 2 heteroatoms. The molecule has 0 aliphatic rings. The Labute approximate surface area is 397 Å². The van der Waals surface area contributed by atoms with Gasteiger partial charge in [-0.1, -0.05) is 231 Å². The minimum absolute atomic E-state index is 1.05. The van der Waals surface area contributed by atoms with Crippen molar-refractivity contribution in [3.63, 3.8) is 0 Å². The Morgan fingerprint density at radius 2 is 0.647 bits per heavy atom. The fourth-order valence-electron chi connectivity index (χ4n) is 10.1. The van der Waals surface area contributed by atoms with Crippen molar-refractivity contribution in [3.8, 4) is 72.4 Å². The number of aromatic nitrogens is 1. The molecular weight excluding hydrogens is 821 g/mol. The molecular formula is C66H46N2. The molecule has 1 heterocycles. The molecule has 0 fully saturated rings. The minimum atomic E-state index is 1.05. The number of nitrogens with zero attached hydrogens (tertiary/aromatic N) is 2. The van der Waals surface area contributed by atoms with Crippen LogP contribution in [-0.4, -0.2) is 4.57 Å². The lowest BCUT2D eigenvalue weighted by Gasteiger charge is -2.29. The van der Waals surface area contributed by atoms with E-state index in [-0.39, 0.29) is 0 Å². The van der Waals surface area contributed by atoms with Gasteiger partial charge in [0.25, 0.3) is 0 Å². The third-order valence-corrected chi connectivity index (χ3v) is 13.2. The van der Waals surface area contributed by atoms with Gasteiger partial charge in [0, 0.05) is 33.4 Å². The van der Waals surface area contributed by atoms with Gasteiger partial charge in [-0.3, -0.25) is 0 Å². The first-order chi connectivity index (χ1) is 33.8. The van der Waals surface area contributed by atoms with Gasteiger partial charge in [-0.2, -0.15) is 0 Å². The van der Waals surface area contributed by atoms with Crippen molar-refractivity contribution in [1.29, 1.82) is 0 Å². The van der Waals surface area contributed by atoms with Crippen LogP contribution >= 0.6 is 0 Å². The summed E-state index contributed by atoms with van der Waals surface area (Å²) >= 11 is 0. The van der Waals surface area contributed by atoms with E-state index in [9.17, 15) is 0 Å². The van der Waals surface area contributed by atoms with E-state index in [4.69, 9.17) is 0 Å². The number of anilines is 3. The highest BCUT2D eigenvalue weighted by Crippen LogP contribution is 2.48. The molecule has 2 nitrogen and oxygen atoms in total. The van der Waals surface area contributed by atoms with Crippen molar-refractivity contribution >= 4 is 38.9 Å². The van der Waals surface area contributed by atoms with Crippen LogP contribution in [0.1, 0.15) is 0 Å². The number of benzene rings is 11. The predicted octanol–water partition coefficient (Wildman–Crippen LogP) is 18.3. The Morgan fingerprint density at radius 1 is 0.235 bits per heavy atom. The van der Waals surface area contributed by atoms with Gasteiger partial charge < -0.3 is 9.47 Å². The standard InChI is InChI=1S/C66H46N2/c1-5-21-47(22-6-1)48-37-39-51(40-38-48)57-31-17-19-35-64(57)67(54-42-44-62-61-34-18-20-36-65(61)68(66(62)46-54)52-27-11-4-12-28-52)53-41-43-60(58-32-15-13-29-55(58)49-23-7-2-8-24-49)63(45-53)59-33-16-14-30-56(59)50-25-9-3-10-26-50/h1-46H. The molecule has 0 aliphatic heterocycles. The number of para-hydroxylation sites is 3. The molecule has 11 aromatic carbocycles. The fourth-order valence-corrected chi connectivity index (χ4v) is 10.1. The molecule has 0 bridgehead atoms. The molecule has 0 spiro atoms. The van der Waals surface area contributed by atoms with E-state index in [1.54, 1.807) is 0 Å². The molecule has 0 atom stereocenters. The third kappa shape index (κ3) is 7.45. The van der Waals surface area contributed by atoms with Crippen LogP contribution < -0.4 is 4.90 Å². The van der Waals surface area contributed by atoms with Crippen molar-refractivity contribution in [2.45, 2.75) is 0 Å². The van der Waals surface area contributed by atoms with Crippen molar-refractivity contribution in [1.82, 2.24) is 4.57 Å². The van der Waals surface area contributed by atoms with Gasteiger partial charge in [-0.25, -0.2) is 0 Å². The van der Waals surface area contributed by atoms with Gasteiger partial charge >= 0.3 is 0 Å². The Bertz CT molecular complexity index is 3710. The lowest BCUT2D eigenvalue weighted by molar-refractivity contribution is 1.18. The van der Waals surface area contributed by atoms with Crippen molar-refractivity contribution < 1.29 is 0 Å². The first-order valence-corrected chi connectivity index (χ1v) is 23.3. The number of rotatable bonds is 10. The zero-order valence-electron chi connectivity index (χ0n) is 37.5. The zero-order valence-corrected chi connectivity index (χ0v) is 37.5. The van der Waals surface area contributed by atoms with E-state index in [1.807, 2.05) is 0 Å². The summed E-state index contributed by atoms with van der Waals surface area (Å²) in [6.45, 7) is 0. The summed E-state index contributed by atoms with van der Waals surface area (Å²) < 4.78 is 2.41. The maximum Gasteiger partial charge on any atom is 0.0561 e. The van der Waals surface area contributed by atoms with Crippen molar-refractivity contribution in [2.24, 2.45) is 0 Å². The molecule has 0 saturated heterocycles. The highest BCUT2D eigenvalue weighted by Gasteiger charge is 2.23. The van der Waals surface area contributed by atoms with Gasteiger partial charge in [-0.05, 0) is 110 Å². The molecule has 0 unspecified atom stereocenters. The third-order valence-electron chi connectivity index (χ3n) is 13.2. The first kappa shape index (κ1) is 40.5. The van der Waals surface area contributed by atoms with E-state index < -0.39 is 0 Å². The molecule has 12 aromatic rings. The van der Waals surface area contributed by atoms with Gasteiger partial charge in [0.15, 0.2) is 0 Å². The summed E-state index contributed by atoms with van der Waals surface area (Å²) in [5, 5.41) is 2.44. The Morgan fingerprint density at radius 3 is 1.29 bits per heavy atom. The van der Waals surface area contributed by atoms with E-state index >= 15 is 0 Å². The predicted molar refractivity (Wildman–Crippen MR) is 288 cm³/mol. The molecule has 0 saturated carbocycles. The lowest BCUT2D eigenvalue weighted by atomic mass is 9.86. The van der Waals surface area contributed by atoms with Crippen LogP contribution in [0.2, 0.25) is 0 Å². The van der Waals surface area contributed by atoms with Gasteiger partial charge in [0.1, 0.15) is 0 Å². The van der Waals surface area contributed by atoms with E-state index in [2.05, 4.69) is 289 Å². The maximum absolute atomic E-state index is 2.47. The molecule has 0 amide bonds. The number of fused-ring (bicyclic) bond motifs is 3. The quantitative estimate of drug-likeness (QED) is 0.133. The molecule has 68 heavy (non-hydrogen) atoms. The number of hydrogen-bond acceptors (Lipinski definition) is 1. The highest BCUT2D eigenvalue weighted by atomic mass is 15.1. The Balaban J connectivity index is 1.13. The average molecular weight is 867 g/mol.